The number of nitrogens with one attached hydrogen (secondary N) is 1. The SMILES string of the molecule is COc1ccc(Br)cc1NCc1nccs1. The first-order valence-corrected chi connectivity index (χ1v) is 6.42. The van der Waals surface area contributed by atoms with Crippen molar-refractivity contribution in [1.82, 2.24) is 4.98 Å². The van der Waals surface area contributed by atoms with Gasteiger partial charge in [0.25, 0.3) is 0 Å². The van der Waals surface area contributed by atoms with Gasteiger partial charge in [-0.2, -0.15) is 0 Å². The summed E-state index contributed by atoms with van der Waals surface area (Å²) in [5.41, 5.74) is 0.965. The third-order valence-electron chi connectivity index (χ3n) is 2.08. The zero-order chi connectivity index (χ0) is 11.4. The number of benzene rings is 1. The van der Waals surface area contributed by atoms with Gasteiger partial charge in [0.2, 0.25) is 0 Å². The van der Waals surface area contributed by atoms with Gasteiger partial charge < -0.3 is 10.1 Å². The molecule has 0 aliphatic rings. The van der Waals surface area contributed by atoms with Crippen molar-refractivity contribution in [3.8, 4) is 5.75 Å². The Bertz CT molecular complexity index is 459. The van der Waals surface area contributed by atoms with Crippen molar-refractivity contribution in [2.24, 2.45) is 0 Å². The molecule has 0 spiro atoms. The minimum absolute atomic E-state index is 0.713. The maximum atomic E-state index is 5.27. The first-order chi connectivity index (χ1) is 7.79. The van der Waals surface area contributed by atoms with Gasteiger partial charge >= 0.3 is 0 Å². The molecule has 0 fully saturated rings. The molecule has 16 heavy (non-hydrogen) atoms. The molecule has 0 saturated heterocycles. The van der Waals surface area contributed by atoms with E-state index in [1.807, 2.05) is 23.6 Å². The monoisotopic (exact) mass is 298 g/mol. The standard InChI is InChI=1S/C11H11BrN2OS/c1-15-10-3-2-8(12)6-9(10)14-7-11-13-4-5-16-11/h2-6,14H,7H2,1H3. The first-order valence-electron chi connectivity index (χ1n) is 4.75. The average molecular weight is 299 g/mol. The number of thiazole rings is 1. The quantitative estimate of drug-likeness (QED) is 0.938. The number of aromatic nitrogens is 1. The zero-order valence-electron chi connectivity index (χ0n) is 8.74. The van der Waals surface area contributed by atoms with E-state index in [1.54, 1.807) is 24.6 Å². The fourth-order valence-electron chi connectivity index (χ4n) is 1.33. The predicted octanol–water partition coefficient (Wildman–Crippen LogP) is 3.53. The predicted molar refractivity (Wildman–Crippen MR) is 70.1 cm³/mol. The summed E-state index contributed by atoms with van der Waals surface area (Å²) in [5.74, 6) is 0.833. The lowest BCUT2D eigenvalue weighted by molar-refractivity contribution is 0.416. The number of methoxy groups -OCH3 is 1. The first kappa shape index (κ1) is 11.4. The van der Waals surface area contributed by atoms with Crippen LogP contribution in [-0.2, 0) is 6.54 Å². The molecule has 1 aromatic carbocycles. The van der Waals surface area contributed by atoms with Gasteiger partial charge in [-0.25, -0.2) is 4.98 Å². The summed E-state index contributed by atoms with van der Waals surface area (Å²) >= 11 is 5.07. The summed E-state index contributed by atoms with van der Waals surface area (Å²) in [6, 6.07) is 5.87. The zero-order valence-corrected chi connectivity index (χ0v) is 11.1. The topological polar surface area (TPSA) is 34.1 Å². The van der Waals surface area contributed by atoms with E-state index in [0.29, 0.717) is 6.54 Å². The van der Waals surface area contributed by atoms with Gasteiger partial charge in [0.15, 0.2) is 0 Å². The second-order valence-corrected chi connectivity index (χ2v) is 5.02. The van der Waals surface area contributed by atoms with E-state index < -0.39 is 0 Å². The van der Waals surface area contributed by atoms with E-state index >= 15 is 0 Å². The van der Waals surface area contributed by atoms with Crippen molar-refractivity contribution >= 4 is 33.0 Å². The Morgan fingerprint density at radius 1 is 1.50 bits per heavy atom. The van der Waals surface area contributed by atoms with Crippen LogP contribution in [0.5, 0.6) is 5.75 Å². The van der Waals surface area contributed by atoms with E-state index in [1.165, 1.54) is 0 Å². The molecule has 5 heteroatoms. The summed E-state index contributed by atoms with van der Waals surface area (Å²) in [5, 5.41) is 6.33. The van der Waals surface area contributed by atoms with E-state index in [2.05, 4.69) is 26.2 Å². The van der Waals surface area contributed by atoms with E-state index in [9.17, 15) is 0 Å². The Balaban J connectivity index is 2.11. The molecule has 2 rings (SSSR count). The van der Waals surface area contributed by atoms with Crippen LogP contribution in [0.4, 0.5) is 5.69 Å². The molecule has 0 saturated carbocycles. The molecule has 0 atom stereocenters. The summed E-state index contributed by atoms with van der Waals surface area (Å²) in [4.78, 5) is 4.21. The summed E-state index contributed by atoms with van der Waals surface area (Å²) in [6.07, 6.45) is 1.81. The molecule has 0 radical (unpaired) electrons. The number of nitrogens with zero attached hydrogens (tertiary/aromatic N) is 1. The van der Waals surface area contributed by atoms with Gasteiger partial charge in [-0.1, -0.05) is 15.9 Å². The highest BCUT2D eigenvalue weighted by Crippen LogP contribution is 2.28. The number of hydrogen-bond acceptors (Lipinski definition) is 4. The van der Waals surface area contributed by atoms with Crippen LogP contribution >= 0.6 is 27.3 Å². The molecule has 0 amide bonds. The molecule has 1 aromatic heterocycles. The van der Waals surface area contributed by atoms with Crippen LogP contribution in [0.15, 0.2) is 34.2 Å². The second kappa shape index (κ2) is 5.32. The van der Waals surface area contributed by atoms with Crippen molar-refractivity contribution in [3.63, 3.8) is 0 Å². The molecular weight excluding hydrogens is 288 g/mol. The molecule has 2 aromatic rings. The van der Waals surface area contributed by atoms with Crippen LogP contribution in [0.2, 0.25) is 0 Å². The number of hydrogen-bond donors (Lipinski definition) is 1. The van der Waals surface area contributed by atoms with Gasteiger partial charge in [0, 0.05) is 16.0 Å². The van der Waals surface area contributed by atoms with E-state index in [-0.39, 0.29) is 0 Å². The Kier molecular flexibility index (Phi) is 3.79. The fourth-order valence-corrected chi connectivity index (χ4v) is 2.25. The summed E-state index contributed by atoms with van der Waals surface area (Å²) in [7, 11) is 1.66. The highest BCUT2D eigenvalue weighted by atomic mass is 79.9. The lowest BCUT2D eigenvalue weighted by atomic mass is 10.3. The van der Waals surface area contributed by atoms with Crippen molar-refractivity contribution in [2.45, 2.75) is 6.54 Å². The summed E-state index contributed by atoms with van der Waals surface area (Å²) in [6.45, 7) is 0.713. The van der Waals surface area contributed by atoms with Crippen LogP contribution in [0.1, 0.15) is 5.01 Å². The van der Waals surface area contributed by atoms with Crippen molar-refractivity contribution in [1.29, 1.82) is 0 Å². The van der Waals surface area contributed by atoms with Gasteiger partial charge in [0.05, 0.1) is 19.3 Å². The van der Waals surface area contributed by atoms with Crippen LogP contribution in [-0.4, -0.2) is 12.1 Å². The summed E-state index contributed by atoms with van der Waals surface area (Å²) < 4.78 is 6.29. The van der Waals surface area contributed by atoms with Gasteiger partial charge in [0.1, 0.15) is 10.8 Å². The molecular formula is C11H11BrN2OS. The lowest BCUT2D eigenvalue weighted by Gasteiger charge is -2.10. The smallest absolute Gasteiger partial charge is 0.142 e. The molecule has 1 N–H and O–H groups in total. The third-order valence-corrected chi connectivity index (χ3v) is 3.35. The minimum Gasteiger partial charge on any atom is -0.495 e. The van der Waals surface area contributed by atoms with Crippen molar-refractivity contribution < 1.29 is 4.74 Å². The van der Waals surface area contributed by atoms with Crippen molar-refractivity contribution in [2.75, 3.05) is 12.4 Å². The number of halogens is 1. The van der Waals surface area contributed by atoms with Crippen molar-refractivity contribution in [3.05, 3.63) is 39.3 Å². The maximum Gasteiger partial charge on any atom is 0.142 e. The van der Waals surface area contributed by atoms with E-state index in [4.69, 9.17) is 4.74 Å². The van der Waals surface area contributed by atoms with Crippen LogP contribution in [0.25, 0.3) is 0 Å². The van der Waals surface area contributed by atoms with Gasteiger partial charge in [-0.15, -0.1) is 11.3 Å². The molecule has 3 nitrogen and oxygen atoms in total. The largest absolute Gasteiger partial charge is 0.495 e. The highest BCUT2D eigenvalue weighted by Gasteiger charge is 2.03. The van der Waals surface area contributed by atoms with Gasteiger partial charge in [-0.3, -0.25) is 0 Å². The maximum absolute atomic E-state index is 5.27. The normalized spacial score (nSPS) is 10.1. The van der Waals surface area contributed by atoms with Crippen LogP contribution in [0.3, 0.4) is 0 Å². The Morgan fingerprint density at radius 3 is 3.06 bits per heavy atom. The minimum atomic E-state index is 0.713. The second-order valence-electron chi connectivity index (χ2n) is 3.12. The Morgan fingerprint density at radius 2 is 2.38 bits per heavy atom. The molecule has 0 bridgehead atoms. The van der Waals surface area contributed by atoms with Gasteiger partial charge in [-0.05, 0) is 18.2 Å². The van der Waals surface area contributed by atoms with E-state index in [0.717, 1.165) is 20.9 Å². The lowest BCUT2D eigenvalue weighted by Crippen LogP contribution is -2.00. The molecule has 1 heterocycles. The number of rotatable bonds is 4. The number of anilines is 1. The Hall–Kier alpha value is -1.07. The van der Waals surface area contributed by atoms with Crippen LogP contribution < -0.4 is 10.1 Å². The molecule has 0 aliphatic carbocycles. The average Bonchev–Trinajstić information content (AvgIpc) is 2.79. The Labute approximate surface area is 107 Å². The highest BCUT2D eigenvalue weighted by molar-refractivity contribution is 9.10. The van der Waals surface area contributed by atoms with Crippen LogP contribution in [0, 0.1) is 0 Å². The molecule has 0 aliphatic heterocycles. The molecule has 0 unspecified atom stereocenters. The fraction of sp³-hybridized carbons (Fsp3) is 0.182. The molecule has 84 valence electrons. The number of ether oxygens (including phenoxy) is 1. The third kappa shape index (κ3) is 2.74.